The number of hydrogen-bond acceptors (Lipinski definition) is 2. The lowest BCUT2D eigenvalue weighted by Crippen LogP contribution is -2.47. The Morgan fingerprint density at radius 1 is 1.50 bits per heavy atom. The van der Waals surface area contributed by atoms with Crippen molar-refractivity contribution in [3.63, 3.8) is 0 Å². The number of likely N-dealkylation sites (tertiary alicyclic amines) is 1. The van der Waals surface area contributed by atoms with Gasteiger partial charge in [0, 0.05) is 37.4 Å². The molecule has 0 spiro atoms. The molecule has 5 heteroatoms. The van der Waals surface area contributed by atoms with E-state index in [-0.39, 0.29) is 5.91 Å². The Balaban J connectivity index is 2.11. The highest BCUT2D eigenvalue weighted by atomic mass is 79.9. The summed E-state index contributed by atoms with van der Waals surface area (Å²) in [6.07, 6.45) is 4.17. The summed E-state index contributed by atoms with van der Waals surface area (Å²) >= 11 is 3.41. The molecule has 0 saturated carbocycles. The molecule has 1 fully saturated rings. The molecule has 1 unspecified atom stereocenters. The fraction of sp³-hybridized carbons (Fsp3) is 0.615. The molecule has 2 rings (SSSR count). The van der Waals surface area contributed by atoms with Crippen LogP contribution in [0.1, 0.15) is 23.3 Å². The largest absolute Gasteiger partial charge is 0.345 e. The van der Waals surface area contributed by atoms with E-state index in [9.17, 15) is 4.79 Å². The first-order valence-electron chi connectivity index (χ1n) is 6.26. The van der Waals surface area contributed by atoms with Gasteiger partial charge in [-0.05, 0) is 48.4 Å². The second-order valence-corrected chi connectivity index (χ2v) is 6.04. The number of aromatic nitrogens is 1. The maximum atomic E-state index is 12.5. The summed E-state index contributed by atoms with van der Waals surface area (Å²) in [4.78, 5) is 16.6. The number of amides is 1. The van der Waals surface area contributed by atoms with E-state index in [4.69, 9.17) is 0 Å². The first kappa shape index (κ1) is 13.6. The lowest BCUT2D eigenvalue weighted by atomic mass is 10.0. The second kappa shape index (κ2) is 5.45. The van der Waals surface area contributed by atoms with Gasteiger partial charge in [-0.1, -0.05) is 0 Å². The van der Waals surface area contributed by atoms with Crippen molar-refractivity contribution < 1.29 is 4.79 Å². The molecular weight excluding hydrogens is 294 g/mol. The highest BCUT2D eigenvalue weighted by Crippen LogP contribution is 2.19. The van der Waals surface area contributed by atoms with Gasteiger partial charge in [0.15, 0.2) is 0 Å². The number of rotatable bonds is 2. The van der Waals surface area contributed by atoms with Crippen LogP contribution in [0.3, 0.4) is 0 Å². The number of piperidine rings is 1. The standard InChI is InChI=1S/C13H20BrN3O/c1-15-6-4-5-11(9-15)17(3)13(18)12-7-10(14)8-16(12)2/h7-8,11H,4-6,9H2,1-3H3. The number of halogens is 1. The summed E-state index contributed by atoms with van der Waals surface area (Å²) < 4.78 is 2.82. The zero-order chi connectivity index (χ0) is 13.3. The predicted molar refractivity (Wildman–Crippen MR) is 75.7 cm³/mol. The van der Waals surface area contributed by atoms with Gasteiger partial charge in [-0.25, -0.2) is 0 Å². The predicted octanol–water partition coefficient (Wildman–Crippen LogP) is 1.95. The van der Waals surface area contributed by atoms with Crippen LogP contribution >= 0.6 is 15.9 Å². The number of carbonyl (C=O) groups is 1. The monoisotopic (exact) mass is 313 g/mol. The minimum absolute atomic E-state index is 0.100. The van der Waals surface area contributed by atoms with Crippen LogP contribution in [-0.2, 0) is 7.05 Å². The fourth-order valence-corrected chi connectivity index (χ4v) is 3.06. The van der Waals surface area contributed by atoms with Gasteiger partial charge < -0.3 is 14.4 Å². The van der Waals surface area contributed by atoms with Crippen LogP contribution in [-0.4, -0.2) is 53.5 Å². The van der Waals surface area contributed by atoms with Crippen LogP contribution in [0.5, 0.6) is 0 Å². The van der Waals surface area contributed by atoms with Crippen molar-refractivity contribution in [2.75, 3.05) is 27.2 Å². The number of carbonyl (C=O) groups excluding carboxylic acids is 1. The van der Waals surface area contributed by atoms with Crippen molar-refractivity contribution >= 4 is 21.8 Å². The van der Waals surface area contributed by atoms with Crippen molar-refractivity contribution in [2.24, 2.45) is 7.05 Å². The van der Waals surface area contributed by atoms with Crippen LogP contribution < -0.4 is 0 Å². The molecule has 1 aliphatic heterocycles. The first-order chi connectivity index (χ1) is 8.49. The maximum absolute atomic E-state index is 12.5. The Morgan fingerprint density at radius 2 is 2.22 bits per heavy atom. The van der Waals surface area contributed by atoms with E-state index in [1.54, 1.807) is 0 Å². The van der Waals surface area contributed by atoms with Gasteiger partial charge in [-0.15, -0.1) is 0 Å². The summed E-state index contributed by atoms with van der Waals surface area (Å²) in [5.41, 5.74) is 0.734. The third kappa shape index (κ3) is 2.78. The summed E-state index contributed by atoms with van der Waals surface area (Å²) in [6, 6.07) is 2.20. The molecule has 1 atom stereocenters. The summed E-state index contributed by atoms with van der Waals surface area (Å²) in [5, 5.41) is 0. The van der Waals surface area contributed by atoms with E-state index in [1.165, 1.54) is 0 Å². The van der Waals surface area contributed by atoms with Crippen LogP contribution in [0, 0.1) is 0 Å². The number of aryl methyl sites for hydroxylation is 1. The van der Waals surface area contributed by atoms with Crippen molar-refractivity contribution in [1.29, 1.82) is 0 Å². The highest BCUT2D eigenvalue weighted by Gasteiger charge is 2.26. The molecule has 1 aliphatic rings. The van der Waals surface area contributed by atoms with Crippen molar-refractivity contribution in [3.8, 4) is 0 Å². The molecule has 0 bridgehead atoms. The number of nitrogens with zero attached hydrogens (tertiary/aromatic N) is 3. The van der Waals surface area contributed by atoms with Crippen LogP contribution in [0.2, 0.25) is 0 Å². The second-order valence-electron chi connectivity index (χ2n) is 5.13. The van der Waals surface area contributed by atoms with Gasteiger partial charge in [0.2, 0.25) is 0 Å². The molecule has 0 radical (unpaired) electrons. The van der Waals surface area contributed by atoms with Crippen LogP contribution in [0.15, 0.2) is 16.7 Å². The Kier molecular flexibility index (Phi) is 4.12. The van der Waals surface area contributed by atoms with Crippen LogP contribution in [0.4, 0.5) is 0 Å². The third-order valence-corrected chi connectivity index (χ3v) is 4.09. The third-order valence-electron chi connectivity index (χ3n) is 3.66. The highest BCUT2D eigenvalue weighted by molar-refractivity contribution is 9.10. The van der Waals surface area contributed by atoms with Gasteiger partial charge in [-0.3, -0.25) is 4.79 Å². The molecule has 4 nitrogen and oxygen atoms in total. The lowest BCUT2D eigenvalue weighted by Gasteiger charge is -2.35. The zero-order valence-corrected chi connectivity index (χ0v) is 12.8. The Labute approximate surface area is 117 Å². The van der Waals surface area contributed by atoms with Gasteiger partial charge in [0.25, 0.3) is 5.91 Å². The van der Waals surface area contributed by atoms with E-state index >= 15 is 0 Å². The molecular formula is C13H20BrN3O. The average Bonchev–Trinajstić information content (AvgIpc) is 2.66. The minimum atomic E-state index is 0.100. The average molecular weight is 314 g/mol. The van der Waals surface area contributed by atoms with E-state index < -0.39 is 0 Å². The Bertz CT molecular complexity index is 443. The SMILES string of the molecule is CN1CCCC(N(C)C(=O)c2cc(Br)cn2C)C1. The molecule has 2 heterocycles. The molecule has 0 aromatic carbocycles. The zero-order valence-electron chi connectivity index (χ0n) is 11.2. The van der Waals surface area contributed by atoms with E-state index in [0.717, 1.165) is 36.1 Å². The summed E-state index contributed by atoms with van der Waals surface area (Å²) in [6.45, 7) is 2.10. The smallest absolute Gasteiger partial charge is 0.270 e. The van der Waals surface area contributed by atoms with Crippen molar-refractivity contribution in [3.05, 3.63) is 22.4 Å². The maximum Gasteiger partial charge on any atom is 0.270 e. The first-order valence-corrected chi connectivity index (χ1v) is 7.06. The quantitative estimate of drug-likeness (QED) is 0.835. The molecule has 1 saturated heterocycles. The number of likely N-dealkylation sites (N-methyl/N-ethyl adjacent to an activating group) is 2. The molecule has 0 N–H and O–H groups in total. The molecule has 100 valence electrons. The van der Waals surface area contributed by atoms with E-state index in [2.05, 4.69) is 27.9 Å². The topological polar surface area (TPSA) is 28.5 Å². The lowest BCUT2D eigenvalue weighted by molar-refractivity contribution is 0.0634. The minimum Gasteiger partial charge on any atom is -0.345 e. The van der Waals surface area contributed by atoms with Crippen molar-refractivity contribution in [1.82, 2.24) is 14.4 Å². The van der Waals surface area contributed by atoms with E-state index in [0.29, 0.717) is 6.04 Å². The van der Waals surface area contributed by atoms with E-state index in [1.807, 2.05) is 35.8 Å². The fourth-order valence-electron chi connectivity index (χ4n) is 2.54. The molecule has 0 aliphatic carbocycles. The van der Waals surface area contributed by atoms with Crippen LogP contribution in [0.25, 0.3) is 0 Å². The van der Waals surface area contributed by atoms with Crippen molar-refractivity contribution in [2.45, 2.75) is 18.9 Å². The Hall–Kier alpha value is -0.810. The molecule has 1 amide bonds. The van der Waals surface area contributed by atoms with Gasteiger partial charge >= 0.3 is 0 Å². The normalized spacial score (nSPS) is 21.0. The number of hydrogen-bond donors (Lipinski definition) is 0. The molecule has 1 aromatic heterocycles. The van der Waals surface area contributed by atoms with Gasteiger partial charge in [-0.2, -0.15) is 0 Å². The van der Waals surface area contributed by atoms with Gasteiger partial charge in [0.05, 0.1) is 0 Å². The Morgan fingerprint density at radius 3 is 2.78 bits per heavy atom. The molecule has 1 aromatic rings. The summed E-state index contributed by atoms with van der Waals surface area (Å²) in [7, 11) is 5.93. The van der Waals surface area contributed by atoms with Gasteiger partial charge in [0.1, 0.15) is 5.69 Å². The molecule has 18 heavy (non-hydrogen) atoms. The summed E-state index contributed by atoms with van der Waals surface area (Å²) in [5.74, 6) is 0.100.